The Hall–Kier alpha value is -2.84. The third kappa shape index (κ3) is 3.57. The van der Waals surface area contributed by atoms with Gasteiger partial charge in [-0.15, -0.1) is 0 Å². The molecule has 0 unspecified atom stereocenters. The molecule has 0 spiro atoms. The summed E-state index contributed by atoms with van der Waals surface area (Å²) >= 11 is 0. The predicted molar refractivity (Wildman–Crippen MR) is 76.2 cm³/mol. The van der Waals surface area contributed by atoms with Crippen molar-refractivity contribution in [2.45, 2.75) is 6.61 Å². The molecule has 2 rings (SSSR count). The number of anilines is 2. The molecule has 0 aromatic heterocycles. The number of hydrogen-bond acceptors (Lipinski definition) is 3. The lowest BCUT2D eigenvalue weighted by molar-refractivity contribution is 0.262. The monoisotopic (exact) mass is 267 g/mol. The lowest BCUT2D eigenvalue weighted by Gasteiger charge is -2.08. The smallest absolute Gasteiger partial charge is 0.323 e. The summed E-state index contributed by atoms with van der Waals surface area (Å²) in [5.74, 6) is 0. The van der Waals surface area contributed by atoms with Crippen LogP contribution in [-0.2, 0) is 6.61 Å². The van der Waals surface area contributed by atoms with E-state index in [1.54, 1.807) is 48.5 Å². The number of benzene rings is 2. The zero-order valence-electron chi connectivity index (χ0n) is 10.6. The van der Waals surface area contributed by atoms with E-state index in [1.165, 1.54) is 0 Å². The molecule has 0 saturated heterocycles. The Kier molecular flexibility index (Phi) is 4.32. The van der Waals surface area contributed by atoms with Crippen LogP contribution in [0.3, 0.4) is 0 Å². The Balaban J connectivity index is 1.99. The zero-order valence-corrected chi connectivity index (χ0v) is 10.6. The highest BCUT2D eigenvalue weighted by Crippen LogP contribution is 2.12. The molecule has 0 fully saturated rings. The van der Waals surface area contributed by atoms with Crippen LogP contribution in [-0.4, -0.2) is 11.1 Å². The molecule has 0 heterocycles. The van der Waals surface area contributed by atoms with E-state index < -0.39 is 0 Å². The average Bonchev–Trinajstić information content (AvgIpc) is 2.48. The number of hydrogen-bond donors (Lipinski definition) is 3. The molecule has 0 saturated carbocycles. The van der Waals surface area contributed by atoms with E-state index in [0.29, 0.717) is 16.9 Å². The molecule has 2 aromatic rings. The summed E-state index contributed by atoms with van der Waals surface area (Å²) in [6, 6.07) is 15.1. The summed E-state index contributed by atoms with van der Waals surface area (Å²) < 4.78 is 0. The van der Waals surface area contributed by atoms with Crippen LogP contribution < -0.4 is 10.6 Å². The number of nitriles is 1. The fraction of sp³-hybridized carbons (Fsp3) is 0.0667. The molecule has 0 aliphatic heterocycles. The van der Waals surface area contributed by atoms with Crippen molar-refractivity contribution < 1.29 is 9.90 Å². The van der Waals surface area contributed by atoms with Crippen molar-refractivity contribution in [1.29, 1.82) is 5.26 Å². The molecule has 2 amide bonds. The topological polar surface area (TPSA) is 85.2 Å². The Labute approximate surface area is 116 Å². The summed E-state index contributed by atoms with van der Waals surface area (Å²) in [5, 5.41) is 23.0. The van der Waals surface area contributed by atoms with Crippen LogP contribution in [0.2, 0.25) is 0 Å². The fourth-order valence-electron chi connectivity index (χ4n) is 1.67. The molecule has 3 N–H and O–H groups in total. The normalized spacial score (nSPS) is 9.60. The number of rotatable bonds is 3. The number of aliphatic hydroxyl groups is 1. The number of nitrogens with zero attached hydrogens (tertiary/aromatic N) is 1. The van der Waals surface area contributed by atoms with Crippen LogP contribution in [0.25, 0.3) is 0 Å². The molecule has 0 aliphatic rings. The van der Waals surface area contributed by atoms with E-state index in [1.807, 2.05) is 6.07 Å². The molecule has 0 atom stereocenters. The van der Waals surface area contributed by atoms with Gasteiger partial charge in [0.05, 0.1) is 18.2 Å². The average molecular weight is 267 g/mol. The van der Waals surface area contributed by atoms with Gasteiger partial charge in [-0.2, -0.15) is 5.26 Å². The third-order valence-electron chi connectivity index (χ3n) is 2.64. The van der Waals surface area contributed by atoms with Crippen LogP contribution in [0.5, 0.6) is 0 Å². The van der Waals surface area contributed by atoms with Crippen molar-refractivity contribution in [3.05, 3.63) is 59.7 Å². The number of carbonyl (C=O) groups excluding carboxylic acids is 1. The largest absolute Gasteiger partial charge is 0.392 e. The van der Waals surface area contributed by atoms with Gasteiger partial charge in [0.2, 0.25) is 0 Å². The second-order valence-electron chi connectivity index (χ2n) is 4.13. The summed E-state index contributed by atoms with van der Waals surface area (Å²) in [6.45, 7) is -0.0766. The zero-order chi connectivity index (χ0) is 14.4. The molecule has 0 bridgehead atoms. The minimum Gasteiger partial charge on any atom is -0.392 e. The summed E-state index contributed by atoms with van der Waals surface area (Å²) in [5.41, 5.74) is 2.45. The molecule has 0 aliphatic carbocycles. The Morgan fingerprint density at radius 3 is 2.45 bits per heavy atom. The van der Waals surface area contributed by atoms with Crippen LogP contribution >= 0.6 is 0 Å². The highest BCUT2D eigenvalue weighted by atomic mass is 16.3. The van der Waals surface area contributed by atoms with E-state index in [0.717, 1.165) is 5.56 Å². The van der Waals surface area contributed by atoms with E-state index in [9.17, 15) is 4.79 Å². The molecule has 0 radical (unpaired) electrons. The minimum atomic E-state index is -0.384. The maximum atomic E-state index is 11.8. The van der Waals surface area contributed by atoms with Crippen molar-refractivity contribution >= 4 is 17.4 Å². The van der Waals surface area contributed by atoms with Gasteiger partial charge in [-0.05, 0) is 42.0 Å². The first-order valence-electron chi connectivity index (χ1n) is 5.99. The lowest BCUT2D eigenvalue weighted by atomic mass is 10.2. The maximum absolute atomic E-state index is 11.8. The second-order valence-corrected chi connectivity index (χ2v) is 4.13. The van der Waals surface area contributed by atoms with Crippen molar-refractivity contribution in [2.75, 3.05) is 10.6 Å². The Bertz CT molecular complexity index is 645. The Morgan fingerprint density at radius 2 is 1.80 bits per heavy atom. The lowest BCUT2D eigenvalue weighted by Crippen LogP contribution is -2.19. The quantitative estimate of drug-likeness (QED) is 0.799. The number of amides is 2. The van der Waals surface area contributed by atoms with Gasteiger partial charge in [-0.25, -0.2) is 4.79 Å². The van der Waals surface area contributed by atoms with Crippen molar-refractivity contribution in [1.82, 2.24) is 0 Å². The van der Waals surface area contributed by atoms with Gasteiger partial charge in [-0.1, -0.05) is 12.1 Å². The standard InChI is InChI=1S/C15H13N3O2/c16-9-11-4-6-13(7-5-11)17-15(20)18-14-3-1-2-12(8-14)10-19/h1-8,19H,10H2,(H2,17,18,20). The van der Waals surface area contributed by atoms with Gasteiger partial charge >= 0.3 is 6.03 Å². The first-order valence-corrected chi connectivity index (χ1v) is 5.99. The number of carbonyl (C=O) groups is 1. The van der Waals surface area contributed by atoms with Gasteiger partial charge in [0.15, 0.2) is 0 Å². The minimum absolute atomic E-state index is 0.0766. The van der Waals surface area contributed by atoms with Gasteiger partial charge in [0.1, 0.15) is 0 Å². The van der Waals surface area contributed by atoms with Crippen LogP contribution in [0.15, 0.2) is 48.5 Å². The molecule has 100 valence electrons. The van der Waals surface area contributed by atoms with E-state index in [2.05, 4.69) is 10.6 Å². The molecule has 2 aromatic carbocycles. The number of aliphatic hydroxyl groups excluding tert-OH is 1. The first kappa shape index (κ1) is 13.6. The van der Waals surface area contributed by atoms with Crippen LogP contribution in [0.4, 0.5) is 16.2 Å². The number of nitrogens with one attached hydrogen (secondary N) is 2. The van der Waals surface area contributed by atoms with Crippen LogP contribution in [0.1, 0.15) is 11.1 Å². The van der Waals surface area contributed by atoms with Crippen molar-refractivity contribution in [3.63, 3.8) is 0 Å². The Morgan fingerprint density at radius 1 is 1.10 bits per heavy atom. The van der Waals surface area contributed by atoms with Crippen molar-refractivity contribution in [3.8, 4) is 6.07 Å². The summed E-state index contributed by atoms with van der Waals surface area (Å²) in [6.07, 6.45) is 0. The molecule has 20 heavy (non-hydrogen) atoms. The van der Waals surface area contributed by atoms with Gasteiger partial charge in [0, 0.05) is 11.4 Å². The fourth-order valence-corrected chi connectivity index (χ4v) is 1.67. The van der Waals surface area contributed by atoms with Crippen LogP contribution in [0, 0.1) is 11.3 Å². The third-order valence-corrected chi connectivity index (χ3v) is 2.64. The van der Waals surface area contributed by atoms with Crippen molar-refractivity contribution in [2.24, 2.45) is 0 Å². The van der Waals surface area contributed by atoms with Gasteiger partial charge in [0.25, 0.3) is 0 Å². The highest BCUT2D eigenvalue weighted by molar-refractivity contribution is 5.99. The maximum Gasteiger partial charge on any atom is 0.323 e. The molecular formula is C15H13N3O2. The van der Waals surface area contributed by atoms with E-state index >= 15 is 0 Å². The highest BCUT2D eigenvalue weighted by Gasteiger charge is 2.03. The van der Waals surface area contributed by atoms with Gasteiger partial charge in [-0.3, -0.25) is 0 Å². The molecule has 5 nitrogen and oxygen atoms in total. The molecular weight excluding hydrogens is 254 g/mol. The summed E-state index contributed by atoms with van der Waals surface area (Å²) in [4.78, 5) is 11.8. The predicted octanol–water partition coefficient (Wildman–Crippen LogP) is 2.69. The molecule has 5 heteroatoms. The number of urea groups is 1. The summed E-state index contributed by atoms with van der Waals surface area (Å²) in [7, 11) is 0. The first-order chi connectivity index (χ1) is 9.71. The van der Waals surface area contributed by atoms with E-state index in [4.69, 9.17) is 10.4 Å². The van der Waals surface area contributed by atoms with E-state index in [-0.39, 0.29) is 12.6 Å². The second kappa shape index (κ2) is 6.36. The SMILES string of the molecule is N#Cc1ccc(NC(=O)Nc2cccc(CO)c2)cc1. The van der Waals surface area contributed by atoms with Gasteiger partial charge < -0.3 is 15.7 Å².